The molecule has 0 amide bonds. The van der Waals surface area contributed by atoms with Crippen LogP contribution in [0.4, 0.5) is 0 Å². The molecule has 0 aliphatic carbocycles. The van der Waals surface area contributed by atoms with Crippen molar-refractivity contribution in [3.63, 3.8) is 0 Å². The highest BCUT2D eigenvalue weighted by Gasteiger charge is 2.33. The number of para-hydroxylation sites is 2. The van der Waals surface area contributed by atoms with Gasteiger partial charge in [-0.3, -0.25) is 0 Å². The van der Waals surface area contributed by atoms with E-state index >= 15 is 0 Å². The predicted octanol–water partition coefficient (Wildman–Crippen LogP) is 6.54. The van der Waals surface area contributed by atoms with Crippen LogP contribution in [-0.4, -0.2) is 18.7 Å². The van der Waals surface area contributed by atoms with Gasteiger partial charge in [0.25, 0.3) is 0 Å². The van der Waals surface area contributed by atoms with Crippen LogP contribution in [0.1, 0.15) is 22.6 Å². The normalized spacial score (nSPS) is 17.0. The molecule has 0 aromatic heterocycles. The fourth-order valence-corrected chi connectivity index (χ4v) is 5.21. The minimum atomic E-state index is -0.940. The Morgan fingerprint density at radius 1 is 0.952 bits per heavy atom. The van der Waals surface area contributed by atoms with Crippen LogP contribution in [0.15, 0.2) is 96.4 Å². The summed E-state index contributed by atoms with van der Waals surface area (Å²) in [5, 5.41) is 11.0. The Hall–Kier alpha value is -4.84. The molecule has 2 aliphatic heterocycles. The van der Waals surface area contributed by atoms with Crippen molar-refractivity contribution in [2.45, 2.75) is 18.6 Å². The van der Waals surface area contributed by atoms with Gasteiger partial charge in [-0.1, -0.05) is 59.6 Å². The molecule has 210 valence electrons. The molecule has 0 saturated carbocycles. The van der Waals surface area contributed by atoms with Crippen molar-refractivity contribution in [1.82, 2.24) is 0 Å². The van der Waals surface area contributed by atoms with Gasteiger partial charge in [0.2, 0.25) is 12.0 Å². The molecule has 2 heterocycles. The number of nitrogens with zero attached hydrogens (tertiary/aromatic N) is 1. The maximum absolute atomic E-state index is 12.9. The van der Waals surface area contributed by atoms with E-state index in [0.717, 1.165) is 11.1 Å². The van der Waals surface area contributed by atoms with Crippen LogP contribution in [0.25, 0.3) is 0 Å². The number of carbonyl (C=O) groups is 1. The van der Waals surface area contributed by atoms with Crippen molar-refractivity contribution in [1.29, 1.82) is 5.26 Å². The Balaban J connectivity index is 1.23. The van der Waals surface area contributed by atoms with Crippen LogP contribution in [0, 0.1) is 11.3 Å². The maximum atomic E-state index is 12.9. The van der Waals surface area contributed by atoms with E-state index in [-0.39, 0.29) is 30.4 Å². The lowest BCUT2D eigenvalue weighted by atomic mass is 9.83. The molecule has 2 aliphatic rings. The van der Waals surface area contributed by atoms with Gasteiger partial charge in [0.05, 0.1) is 5.92 Å². The number of benzene rings is 4. The highest BCUT2D eigenvalue weighted by atomic mass is 35.5. The second-order valence-corrected chi connectivity index (χ2v) is 10.4. The Kier molecular flexibility index (Phi) is 7.53. The zero-order valence-electron chi connectivity index (χ0n) is 21.9. The average molecular weight is 601 g/mol. The van der Waals surface area contributed by atoms with Gasteiger partial charge < -0.3 is 29.4 Å². The summed E-state index contributed by atoms with van der Waals surface area (Å²) in [4.78, 5) is 12.9. The number of ether oxygens (including phenoxy) is 5. The molecule has 8 nitrogen and oxygen atoms in total. The Bertz CT molecular complexity index is 1770. The number of esters is 1. The number of halogens is 2. The van der Waals surface area contributed by atoms with Crippen molar-refractivity contribution in [2.24, 2.45) is 5.73 Å². The quantitative estimate of drug-likeness (QED) is 0.196. The second kappa shape index (κ2) is 11.6. The zero-order chi connectivity index (χ0) is 29.2. The van der Waals surface area contributed by atoms with Crippen molar-refractivity contribution < 1.29 is 28.5 Å². The molecule has 2 N–H and O–H groups in total. The summed E-state index contributed by atoms with van der Waals surface area (Å²) in [6, 6.07) is 26.7. The topological polar surface area (TPSA) is 113 Å². The highest BCUT2D eigenvalue weighted by molar-refractivity contribution is 6.35. The van der Waals surface area contributed by atoms with Crippen LogP contribution < -0.4 is 29.4 Å². The number of fused-ring (bicyclic) bond motifs is 2. The molecule has 2 atom stereocenters. The lowest BCUT2D eigenvalue weighted by Gasteiger charge is -2.27. The molecular formula is C32H22Cl2N2O6. The molecule has 10 heteroatoms. The summed E-state index contributed by atoms with van der Waals surface area (Å²) in [5.74, 6) is 0.974. The largest absolute Gasteiger partial charge is 0.489 e. The third kappa shape index (κ3) is 5.53. The first-order chi connectivity index (χ1) is 20.4. The number of hydrogen-bond donors (Lipinski definition) is 1. The summed E-state index contributed by atoms with van der Waals surface area (Å²) in [6.07, 6.45) is -0.940. The van der Waals surface area contributed by atoms with Gasteiger partial charge in [-0.25, -0.2) is 4.79 Å². The van der Waals surface area contributed by atoms with Crippen LogP contribution in [0.3, 0.4) is 0 Å². The number of nitrogens with two attached hydrogens (primary N) is 1. The van der Waals surface area contributed by atoms with Gasteiger partial charge in [-0.15, -0.1) is 0 Å². The average Bonchev–Trinajstić information content (AvgIpc) is 2.99. The third-order valence-corrected chi connectivity index (χ3v) is 7.37. The van der Waals surface area contributed by atoms with E-state index in [0.29, 0.717) is 38.6 Å². The minimum absolute atomic E-state index is 0.0171. The molecular weight excluding hydrogens is 579 g/mol. The van der Waals surface area contributed by atoms with Crippen LogP contribution in [0.2, 0.25) is 10.0 Å². The van der Waals surface area contributed by atoms with Crippen molar-refractivity contribution in [3.8, 4) is 34.8 Å². The molecule has 4 aromatic rings. The van der Waals surface area contributed by atoms with E-state index in [4.69, 9.17) is 52.6 Å². The van der Waals surface area contributed by atoms with E-state index in [1.807, 2.05) is 30.3 Å². The maximum Gasteiger partial charge on any atom is 0.356 e. The van der Waals surface area contributed by atoms with E-state index in [9.17, 15) is 10.1 Å². The van der Waals surface area contributed by atoms with E-state index in [1.54, 1.807) is 54.6 Å². The van der Waals surface area contributed by atoms with Crippen molar-refractivity contribution >= 4 is 29.2 Å². The lowest BCUT2D eigenvalue weighted by Crippen LogP contribution is -2.39. The predicted molar refractivity (Wildman–Crippen MR) is 155 cm³/mol. The standard InChI is InChI=1S/C32H22Cl2N2O6/c33-20-9-8-19(25(34)13-20)16-38-21-5-3-4-18(12-21)30-23-11-10-22(14-28(23)42-31(36)24(30)15-35)40-32(37)29-17-39-26-6-1-2-7-27(26)41-29/h1-14,29-30H,16-17,36H2. The molecule has 0 fully saturated rings. The summed E-state index contributed by atoms with van der Waals surface area (Å²) in [6.45, 7) is 0.242. The van der Waals surface area contributed by atoms with E-state index in [2.05, 4.69) is 6.07 Å². The van der Waals surface area contributed by atoms with Gasteiger partial charge in [0.1, 0.15) is 42.1 Å². The Labute approximate surface area is 251 Å². The van der Waals surface area contributed by atoms with Gasteiger partial charge in [-0.05, 0) is 48.0 Å². The zero-order valence-corrected chi connectivity index (χ0v) is 23.4. The first-order valence-electron chi connectivity index (χ1n) is 12.9. The molecule has 0 spiro atoms. The summed E-state index contributed by atoms with van der Waals surface area (Å²) in [7, 11) is 0. The molecule has 0 bridgehead atoms. The molecule has 4 aromatic carbocycles. The van der Waals surface area contributed by atoms with Crippen molar-refractivity contribution in [2.75, 3.05) is 6.61 Å². The Morgan fingerprint density at radius 2 is 1.79 bits per heavy atom. The smallest absolute Gasteiger partial charge is 0.356 e. The summed E-state index contributed by atoms with van der Waals surface area (Å²) in [5.41, 5.74) is 8.64. The van der Waals surface area contributed by atoms with E-state index in [1.165, 1.54) is 0 Å². The monoisotopic (exact) mass is 600 g/mol. The first-order valence-corrected chi connectivity index (χ1v) is 13.6. The van der Waals surface area contributed by atoms with Gasteiger partial charge in [0, 0.05) is 27.2 Å². The van der Waals surface area contributed by atoms with Crippen LogP contribution in [0.5, 0.6) is 28.7 Å². The van der Waals surface area contributed by atoms with Crippen molar-refractivity contribution in [3.05, 3.63) is 123 Å². The highest BCUT2D eigenvalue weighted by Crippen LogP contribution is 2.44. The molecule has 42 heavy (non-hydrogen) atoms. The summed E-state index contributed by atoms with van der Waals surface area (Å²) >= 11 is 12.3. The Morgan fingerprint density at radius 3 is 2.60 bits per heavy atom. The minimum Gasteiger partial charge on any atom is -0.489 e. The van der Waals surface area contributed by atoms with Gasteiger partial charge in [0.15, 0.2) is 11.5 Å². The number of rotatable bonds is 6. The van der Waals surface area contributed by atoms with Gasteiger partial charge in [-0.2, -0.15) is 5.26 Å². The molecule has 2 unspecified atom stereocenters. The van der Waals surface area contributed by atoms with Crippen LogP contribution in [-0.2, 0) is 11.4 Å². The van der Waals surface area contributed by atoms with E-state index < -0.39 is 18.0 Å². The first kappa shape index (κ1) is 27.3. The van der Waals surface area contributed by atoms with Gasteiger partial charge >= 0.3 is 5.97 Å². The molecule has 0 radical (unpaired) electrons. The molecule has 6 rings (SSSR count). The number of hydrogen-bond acceptors (Lipinski definition) is 8. The fourth-order valence-electron chi connectivity index (χ4n) is 4.74. The van der Waals surface area contributed by atoms with Crippen LogP contribution >= 0.6 is 23.2 Å². The summed E-state index contributed by atoms with van der Waals surface area (Å²) < 4.78 is 28.8. The number of nitriles is 1. The molecule has 0 saturated heterocycles. The second-order valence-electron chi connectivity index (χ2n) is 9.51. The SMILES string of the molecule is N#CC1=C(N)Oc2cc(OC(=O)C3COc4ccccc4O3)ccc2C1c1cccc(OCc2ccc(Cl)cc2Cl)c1. The number of carbonyl (C=O) groups excluding carboxylic acids is 1. The number of allylic oxidation sites excluding steroid dienone is 1. The lowest BCUT2D eigenvalue weighted by molar-refractivity contribution is -0.144. The fraction of sp³-hybridized carbons (Fsp3) is 0.125. The third-order valence-electron chi connectivity index (χ3n) is 6.78.